The Kier molecular flexibility index (Phi) is 4.25. The lowest BCUT2D eigenvalue weighted by atomic mass is 9.97. The molecule has 0 aromatic heterocycles. The molecule has 0 spiro atoms. The summed E-state index contributed by atoms with van der Waals surface area (Å²) < 4.78 is 50.4. The normalized spacial score (nSPS) is 26.4. The number of alkyl halides is 4. The van der Waals surface area contributed by atoms with Gasteiger partial charge in [0.15, 0.2) is 0 Å². The van der Waals surface area contributed by atoms with Crippen LogP contribution in [0.3, 0.4) is 0 Å². The molecule has 0 aromatic rings. The van der Waals surface area contributed by atoms with Gasteiger partial charge in [-0.05, 0) is 20.8 Å². The molecule has 1 heterocycles. The topological polar surface area (TPSA) is 29.5 Å². The third-order valence-electron chi connectivity index (χ3n) is 2.85. The largest absolute Gasteiger partial charge is 0.393 e. The van der Waals surface area contributed by atoms with Crippen molar-refractivity contribution >= 4 is 5.97 Å². The average Bonchev–Trinajstić information content (AvgIpc) is 2.59. The van der Waals surface area contributed by atoms with Crippen LogP contribution in [0.1, 0.15) is 20.8 Å². The highest BCUT2D eigenvalue weighted by atomic mass is 19.4. The minimum Gasteiger partial charge on any atom is -0.367 e. The van der Waals surface area contributed by atoms with Crippen LogP contribution in [0.5, 0.6) is 0 Å². The van der Waals surface area contributed by atoms with Gasteiger partial charge in [-0.2, -0.15) is 13.2 Å². The lowest BCUT2D eigenvalue weighted by molar-refractivity contribution is -0.207. The monoisotopic (exact) mass is 271 g/mol. The van der Waals surface area contributed by atoms with Crippen molar-refractivity contribution in [3.05, 3.63) is 0 Å². The number of hydroxylamine groups is 2. The first-order valence-corrected chi connectivity index (χ1v) is 5.65. The predicted octanol–water partition coefficient (Wildman–Crippen LogP) is 2.57. The molecule has 18 heavy (non-hydrogen) atoms. The molecule has 0 aromatic carbocycles. The molecule has 0 saturated carbocycles. The van der Waals surface area contributed by atoms with E-state index >= 15 is 0 Å². The second-order valence-corrected chi connectivity index (χ2v) is 5.54. The molecule has 1 fully saturated rings. The van der Waals surface area contributed by atoms with E-state index in [-0.39, 0.29) is 6.54 Å². The maximum Gasteiger partial charge on any atom is 0.393 e. The van der Waals surface area contributed by atoms with Gasteiger partial charge in [0.25, 0.3) is 0 Å². The Morgan fingerprint density at radius 1 is 1.28 bits per heavy atom. The third-order valence-corrected chi connectivity index (χ3v) is 2.85. The molecule has 3 nitrogen and oxygen atoms in total. The molecule has 1 aliphatic heterocycles. The highest BCUT2D eigenvalue weighted by molar-refractivity contribution is 5.75. The summed E-state index contributed by atoms with van der Waals surface area (Å²) in [6.07, 6.45) is -4.47. The summed E-state index contributed by atoms with van der Waals surface area (Å²) >= 11 is 0. The number of hydrogen-bond acceptors (Lipinski definition) is 3. The van der Waals surface area contributed by atoms with E-state index in [0.717, 1.165) is 5.06 Å². The molecular formula is C11H17F4NO2. The number of rotatable bonds is 2. The zero-order valence-corrected chi connectivity index (χ0v) is 10.6. The highest BCUT2D eigenvalue weighted by Crippen LogP contribution is 2.38. The van der Waals surface area contributed by atoms with Gasteiger partial charge in [-0.3, -0.25) is 4.39 Å². The van der Waals surface area contributed by atoms with Crippen molar-refractivity contribution in [2.45, 2.75) is 26.9 Å². The number of carbonyl (C=O) groups is 1. The Morgan fingerprint density at radius 3 is 2.17 bits per heavy atom. The number of nitrogens with zero attached hydrogens (tertiary/aromatic N) is 1. The minimum absolute atomic E-state index is 0.220. The zero-order valence-electron chi connectivity index (χ0n) is 10.6. The van der Waals surface area contributed by atoms with Crippen LogP contribution in [0.4, 0.5) is 17.6 Å². The van der Waals surface area contributed by atoms with Crippen LogP contribution in [-0.4, -0.2) is 37.0 Å². The van der Waals surface area contributed by atoms with Crippen LogP contribution in [0.25, 0.3) is 0 Å². The maximum absolute atomic E-state index is 12.6. The first-order valence-electron chi connectivity index (χ1n) is 5.65. The molecule has 0 amide bonds. The van der Waals surface area contributed by atoms with Gasteiger partial charge in [-0.15, -0.1) is 5.06 Å². The summed E-state index contributed by atoms with van der Waals surface area (Å²) in [5.41, 5.74) is -0.804. The van der Waals surface area contributed by atoms with Crippen LogP contribution in [-0.2, 0) is 9.63 Å². The summed E-state index contributed by atoms with van der Waals surface area (Å²) in [7, 11) is 0. The van der Waals surface area contributed by atoms with Crippen molar-refractivity contribution in [2.24, 2.45) is 17.3 Å². The van der Waals surface area contributed by atoms with Gasteiger partial charge >= 0.3 is 12.1 Å². The molecule has 106 valence electrons. The fraction of sp³-hybridized carbons (Fsp3) is 0.909. The van der Waals surface area contributed by atoms with E-state index in [1.54, 1.807) is 20.8 Å². The van der Waals surface area contributed by atoms with Gasteiger partial charge < -0.3 is 4.84 Å². The number of hydrogen-bond donors (Lipinski definition) is 0. The molecule has 0 N–H and O–H groups in total. The Bertz CT molecular complexity index is 311. The van der Waals surface area contributed by atoms with Crippen molar-refractivity contribution in [3.63, 3.8) is 0 Å². The predicted molar refractivity (Wildman–Crippen MR) is 56.1 cm³/mol. The van der Waals surface area contributed by atoms with Crippen molar-refractivity contribution in [3.8, 4) is 0 Å². The molecular weight excluding hydrogens is 254 g/mol. The fourth-order valence-electron chi connectivity index (χ4n) is 1.69. The van der Waals surface area contributed by atoms with Gasteiger partial charge in [0.2, 0.25) is 0 Å². The molecule has 1 aliphatic rings. The Labute approximate surface area is 103 Å². The van der Waals surface area contributed by atoms with Crippen LogP contribution in [0, 0.1) is 17.3 Å². The summed E-state index contributed by atoms with van der Waals surface area (Å²) in [5, 5.41) is 0.913. The van der Waals surface area contributed by atoms with E-state index in [1.807, 2.05) is 0 Å². The van der Waals surface area contributed by atoms with Gasteiger partial charge in [0.1, 0.15) is 0 Å². The van der Waals surface area contributed by atoms with Crippen molar-refractivity contribution in [1.82, 2.24) is 5.06 Å². The molecule has 1 saturated heterocycles. The molecule has 0 radical (unpaired) electrons. The van der Waals surface area contributed by atoms with E-state index in [2.05, 4.69) is 0 Å². The van der Waals surface area contributed by atoms with E-state index in [0.29, 0.717) is 0 Å². The SMILES string of the molecule is CC(C)(C)C(=O)ON1CC(CF)C(C(F)(F)F)C1. The van der Waals surface area contributed by atoms with E-state index in [4.69, 9.17) is 4.84 Å². The fourth-order valence-corrected chi connectivity index (χ4v) is 1.69. The summed E-state index contributed by atoms with van der Waals surface area (Å²) in [5.74, 6) is -3.57. The van der Waals surface area contributed by atoms with Crippen LogP contribution in [0.2, 0.25) is 0 Å². The maximum atomic E-state index is 12.6. The first kappa shape index (κ1) is 15.2. The minimum atomic E-state index is -4.47. The zero-order chi connectivity index (χ0) is 14.1. The Balaban J connectivity index is 2.66. The Morgan fingerprint density at radius 2 is 1.83 bits per heavy atom. The molecule has 0 bridgehead atoms. The standard InChI is InChI=1S/C11H17F4NO2/c1-10(2,3)9(17)18-16-5-7(4-12)8(6-16)11(13,14)15/h7-8H,4-6H2,1-3H3. The summed E-state index contributed by atoms with van der Waals surface area (Å²) in [6.45, 7) is 2.99. The average molecular weight is 271 g/mol. The molecule has 0 aliphatic carbocycles. The van der Waals surface area contributed by atoms with E-state index in [1.165, 1.54) is 0 Å². The Hall–Kier alpha value is -0.850. The van der Waals surface area contributed by atoms with Crippen LogP contribution in [0.15, 0.2) is 0 Å². The van der Waals surface area contributed by atoms with Crippen LogP contribution < -0.4 is 0 Å². The van der Waals surface area contributed by atoms with Crippen molar-refractivity contribution in [1.29, 1.82) is 0 Å². The second-order valence-electron chi connectivity index (χ2n) is 5.54. The first-order chi connectivity index (χ1) is 8.05. The molecule has 2 atom stereocenters. The number of carbonyl (C=O) groups excluding carboxylic acids is 1. The molecule has 7 heteroatoms. The smallest absolute Gasteiger partial charge is 0.367 e. The van der Waals surface area contributed by atoms with Crippen molar-refractivity contribution < 1.29 is 27.2 Å². The lowest BCUT2D eigenvalue weighted by Gasteiger charge is -2.22. The molecule has 1 rings (SSSR count). The van der Waals surface area contributed by atoms with Gasteiger partial charge in [0.05, 0.1) is 18.0 Å². The van der Waals surface area contributed by atoms with E-state index in [9.17, 15) is 22.4 Å². The summed E-state index contributed by atoms with van der Waals surface area (Å²) in [4.78, 5) is 16.4. The number of halogens is 4. The van der Waals surface area contributed by atoms with Gasteiger partial charge in [0, 0.05) is 19.0 Å². The van der Waals surface area contributed by atoms with Crippen LogP contribution >= 0.6 is 0 Å². The van der Waals surface area contributed by atoms with Gasteiger partial charge in [-0.1, -0.05) is 0 Å². The summed E-state index contributed by atoms with van der Waals surface area (Å²) in [6, 6.07) is 0. The van der Waals surface area contributed by atoms with E-state index < -0.39 is 42.6 Å². The van der Waals surface area contributed by atoms with Gasteiger partial charge in [-0.25, -0.2) is 4.79 Å². The second kappa shape index (κ2) is 5.03. The van der Waals surface area contributed by atoms with Crippen molar-refractivity contribution in [2.75, 3.05) is 19.8 Å². The quantitative estimate of drug-likeness (QED) is 0.723. The lowest BCUT2D eigenvalue weighted by Crippen LogP contribution is -2.34. The highest BCUT2D eigenvalue weighted by Gasteiger charge is 2.51. The molecule has 2 unspecified atom stereocenters. The third kappa shape index (κ3) is 3.57.